The lowest BCUT2D eigenvalue weighted by Crippen LogP contribution is -2.71. The number of aromatic nitrogens is 5. The Hall–Kier alpha value is -4.37. The van der Waals surface area contributed by atoms with Gasteiger partial charge in [0.15, 0.2) is 10.8 Å². The molecule has 2 aliphatic heterocycles. The number of β-lactam (4-membered cyclic amide) rings is 1. The van der Waals surface area contributed by atoms with Crippen LogP contribution in [0.1, 0.15) is 18.5 Å². The number of aliphatic carboxylic acids is 2. The molecular formula is C22H22N10O8S3. The van der Waals surface area contributed by atoms with E-state index < -0.39 is 47.8 Å². The molecule has 3 unspecified atom stereocenters. The number of nitroso groups, excluding NO2 is 1. The fourth-order valence-corrected chi connectivity index (χ4v) is 7.22. The van der Waals surface area contributed by atoms with Crippen molar-refractivity contribution in [2.75, 3.05) is 17.2 Å². The molecule has 2 amide bonds. The van der Waals surface area contributed by atoms with E-state index in [-0.39, 0.29) is 45.0 Å². The maximum atomic E-state index is 13.3. The van der Waals surface area contributed by atoms with Crippen molar-refractivity contribution in [3.63, 3.8) is 0 Å². The molecule has 0 radical (unpaired) electrons. The molecule has 4 atom stereocenters. The molecule has 4 heterocycles. The molecule has 43 heavy (non-hydrogen) atoms. The van der Waals surface area contributed by atoms with Crippen molar-refractivity contribution in [1.29, 1.82) is 0 Å². The number of nitrogens with one attached hydrogen (secondary N) is 1. The van der Waals surface area contributed by atoms with Crippen molar-refractivity contribution < 1.29 is 34.2 Å². The summed E-state index contributed by atoms with van der Waals surface area (Å²) >= 11 is 3.36. The lowest BCUT2D eigenvalue weighted by Gasteiger charge is -2.49. The number of thioether (sulfide) groups is 2. The number of amides is 2. The summed E-state index contributed by atoms with van der Waals surface area (Å²) in [5.41, 5.74) is 5.89. The SMILES string of the molecule is Nc1nc(C(=NOC2C=CCC2)C(=O)NC2C(=O)N3C(C(=O)O)=C(CSc4nnnn4CC(N=O)C(=O)O)CS[C@@H]23)cs1. The number of anilines is 1. The average Bonchev–Trinajstić information content (AvgIpc) is 3.76. The van der Waals surface area contributed by atoms with Gasteiger partial charge in [-0.25, -0.2) is 19.3 Å². The summed E-state index contributed by atoms with van der Waals surface area (Å²) in [5.74, 6) is -3.90. The number of allylic oxidation sites excluding steroid dienone is 1. The Morgan fingerprint density at radius 3 is 2.79 bits per heavy atom. The van der Waals surface area contributed by atoms with E-state index in [4.69, 9.17) is 15.7 Å². The van der Waals surface area contributed by atoms with Crippen LogP contribution in [0.3, 0.4) is 0 Å². The Bertz CT molecular complexity index is 1550. The largest absolute Gasteiger partial charge is 0.480 e. The van der Waals surface area contributed by atoms with Crippen molar-refractivity contribution >= 4 is 69.5 Å². The molecule has 0 spiro atoms. The maximum absolute atomic E-state index is 13.3. The van der Waals surface area contributed by atoms with Gasteiger partial charge in [0.25, 0.3) is 11.8 Å². The number of tetrazole rings is 1. The fraction of sp³-hybridized carbons (Fsp3) is 0.409. The highest BCUT2D eigenvalue weighted by molar-refractivity contribution is 8.01. The van der Waals surface area contributed by atoms with Gasteiger partial charge in [-0.2, -0.15) is 0 Å². The normalized spacial score (nSPS) is 22.1. The molecule has 3 aliphatic rings. The zero-order valence-corrected chi connectivity index (χ0v) is 24.3. The zero-order chi connectivity index (χ0) is 30.7. The predicted molar refractivity (Wildman–Crippen MR) is 152 cm³/mol. The smallest absolute Gasteiger partial charge is 0.352 e. The summed E-state index contributed by atoms with van der Waals surface area (Å²) in [6.07, 6.45) is 4.97. The second kappa shape index (κ2) is 12.9. The van der Waals surface area contributed by atoms with Gasteiger partial charge in [-0.15, -0.1) is 33.1 Å². The van der Waals surface area contributed by atoms with Gasteiger partial charge in [0.2, 0.25) is 11.2 Å². The van der Waals surface area contributed by atoms with Gasteiger partial charge in [-0.05, 0) is 34.9 Å². The lowest BCUT2D eigenvalue weighted by atomic mass is 10.0. The standard InChI is InChI=1S/C22H22N10O8S3/c23-21-24-12(8-42-21)13(28-40-10-3-1-2-4-10)16(33)25-14-17(34)32-15(20(37)38)9(6-41-18(14)32)7-43-22-26-29-30-31(22)5-11(27-39)19(35)36/h1,3,8,10-11,14,18H,2,4-7H2,(H2,23,24)(H,25,33)(H,35,36)(H,37,38)/t10?,11?,14?,18-/m0/s1. The monoisotopic (exact) mass is 650 g/mol. The number of carboxylic acids is 2. The van der Waals surface area contributed by atoms with E-state index in [1.54, 1.807) is 0 Å². The molecule has 1 saturated heterocycles. The maximum Gasteiger partial charge on any atom is 0.352 e. The molecular weight excluding hydrogens is 629 g/mol. The van der Waals surface area contributed by atoms with Crippen LogP contribution < -0.4 is 11.1 Å². The number of nitrogens with zero attached hydrogens (tertiary/aromatic N) is 8. The summed E-state index contributed by atoms with van der Waals surface area (Å²) in [5, 5.41) is 40.3. The van der Waals surface area contributed by atoms with Crippen LogP contribution in [0.4, 0.5) is 5.13 Å². The van der Waals surface area contributed by atoms with E-state index in [9.17, 15) is 29.2 Å². The second-order valence-electron chi connectivity index (χ2n) is 9.17. The minimum absolute atomic E-state index is 0.0454. The molecule has 18 nitrogen and oxygen atoms in total. The molecule has 5 N–H and O–H groups in total. The highest BCUT2D eigenvalue weighted by atomic mass is 32.2. The van der Waals surface area contributed by atoms with E-state index in [0.29, 0.717) is 12.0 Å². The average molecular weight is 651 g/mol. The molecule has 0 bridgehead atoms. The van der Waals surface area contributed by atoms with E-state index in [0.717, 1.165) is 39.1 Å². The van der Waals surface area contributed by atoms with E-state index in [1.165, 1.54) is 17.1 Å². The van der Waals surface area contributed by atoms with Crippen molar-refractivity contribution in [1.82, 2.24) is 35.4 Å². The Balaban J connectivity index is 1.28. The summed E-state index contributed by atoms with van der Waals surface area (Å²) in [6.45, 7) is -0.414. The van der Waals surface area contributed by atoms with E-state index in [1.807, 2.05) is 12.2 Å². The Labute approximate surface area is 253 Å². The molecule has 0 saturated carbocycles. The quantitative estimate of drug-likeness (QED) is 0.0551. The first kappa shape index (κ1) is 30.1. The third kappa shape index (κ3) is 6.37. The van der Waals surface area contributed by atoms with Crippen LogP contribution in [-0.2, 0) is 30.6 Å². The highest BCUT2D eigenvalue weighted by Crippen LogP contribution is 2.41. The minimum Gasteiger partial charge on any atom is -0.480 e. The first-order chi connectivity index (χ1) is 20.7. The number of nitrogens with two attached hydrogens (primary N) is 1. The van der Waals surface area contributed by atoms with Gasteiger partial charge in [0, 0.05) is 16.9 Å². The number of thiazole rings is 1. The third-order valence-electron chi connectivity index (χ3n) is 6.40. The number of carbonyl (C=O) groups is 4. The number of nitrogen functional groups attached to an aromatic ring is 1. The molecule has 1 aliphatic carbocycles. The van der Waals surface area contributed by atoms with Gasteiger partial charge < -0.3 is 26.1 Å². The lowest BCUT2D eigenvalue weighted by molar-refractivity contribution is -0.150. The second-order valence-corrected chi connectivity index (χ2v) is 12.1. The summed E-state index contributed by atoms with van der Waals surface area (Å²) in [4.78, 5) is 71.3. The summed E-state index contributed by atoms with van der Waals surface area (Å²) in [6, 6.07) is -2.65. The number of carbonyl (C=O) groups excluding carboxylic acids is 2. The van der Waals surface area contributed by atoms with Crippen LogP contribution in [0.2, 0.25) is 0 Å². The van der Waals surface area contributed by atoms with Crippen molar-refractivity contribution in [2.45, 2.75) is 48.1 Å². The summed E-state index contributed by atoms with van der Waals surface area (Å²) < 4.78 is 1.08. The Morgan fingerprint density at radius 2 is 2.14 bits per heavy atom. The molecule has 226 valence electrons. The minimum atomic E-state index is -1.61. The van der Waals surface area contributed by atoms with Crippen molar-refractivity contribution in [3.05, 3.63) is 39.4 Å². The van der Waals surface area contributed by atoms with E-state index >= 15 is 0 Å². The highest BCUT2D eigenvalue weighted by Gasteiger charge is 2.54. The van der Waals surface area contributed by atoms with E-state index in [2.05, 4.69) is 36.2 Å². The molecule has 5 rings (SSSR count). The van der Waals surface area contributed by atoms with Crippen molar-refractivity contribution in [2.24, 2.45) is 10.3 Å². The number of rotatable bonds is 13. The van der Waals surface area contributed by atoms with Gasteiger partial charge >= 0.3 is 11.9 Å². The molecule has 21 heteroatoms. The number of carboxylic acid groups (broad SMARTS) is 2. The molecule has 1 fully saturated rings. The molecule has 2 aromatic heterocycles. The van der Waals surface area contributed by atoms with Crippen LogP contribution >= 0.6 is 34.9 Å². The summed E-state index contributed by atoms with van der Waals surface area (Å²) in [7, 11) is 0. The van der Waals surface area contributed by atoms with Crippen LogP contribution in [0, 0.1) is 4.91 Å². The Morgan fingerprint density at radius 1 is 1.33 bits per heavy atom. The predicted octanol–water partition coefficient (Wildman–Crippen LogP) is -0.0984. The van der Waals surface area contributed by atoms with Crippen LogP contribution in [0.25, 0.3) is 0 Å². The Kier molecular flexibility index (Phi) is 9.01. The topological polar surface area (TPSA) is 258 Å². The first-order valence-corrected chi connectivity index (χ1v) is 15.4. The number of hydrogen-bond donors (Lipinski definition) is 4. The first-order valence-electron chi connectivity index (χ1n) is 12.4. The van der Waals surface area contributed by atoms with Crippen LogP contribution in [0.5, 0.6) is 0 Å². The van der Waals surface area contributed by atoms with Gasteiger partial charge in [0.1, 0.15) is 28.9 Å². The fourth-order valence-electron chi connectivity index (χ4n) is 4.30. The van der Waals surface area contributed by atoms with Gasteiger partial charge in [-0.3, -0.25) is 14.5 Å². The van der Waals surface area contributed by atoms with Gasteiger partial charge in [-0.1, -0.05) is 28.2 Å². The van der Waals surface area contributed by atoms with Crippen LogP contribution in [0.15, 0.2) is 44.3 Å². The number of fused-ring (bicyclic) bond motifs is 1. The third-order valence-corrected chi connectivity index (χ3v) is 9.45. The zero-order valence-electron chi connectivity index (χ0n) is 21.8. The van der Waals surface area contributed by atoms with Gasteiger partial charge in [0.05, 0.1) is 6.54 Å². The molecule has 2 aromatic rings. The number of oxime groups is 1. The van der Waals surface area contributed by atoms with Crippen LogP contribution in [-0.4, -0.2) is 105 Å². The molecule has 0 aromatic carbocycles. The van der Waals surface area contributed by atoms with Crippen molar-refractivity contribution in [3.8, 4) is 0 Å². The number of hydrogen-bond acceptors (Lipinski definition) is 16.